The summed E-state index contributed by atoms with van der Waals surface area (Å²) in [4.78, 5) is 10.3. The number of esters is 1. The van der Waals surface area contributed by atoms with E-state index in [1.807, 2.05) is 6.92 Å². The molecule has 0 spiro atoms. The molecule has 0 saturated carbocycles. The molecular weight excluding hydrogens is 140 g/mol. The highest BCUT2D eigenvalue weighted by Crippen LogP contribution is 1.80. The fraction of sp³-hybridized carbons (Fsp3) is 0.667. The van der Waals surface area contributed by atoms with Crippen LogP contribution in [0, 0.1) is 0 Å². The van der Waals surface area contributed by atoms with E-state index in [1.54, 1.807) is 6.08 Å². The van der Waals surface area contributed by atoms with Gasteiger partial charge >= 0.3 is 5.97 Å². The van der Waals surface area contributed by atoms with Crippen LogP contribution < -0.4 is 0 Å². The first-order chi connectivity index (χ1) is 5.22. The van der Waals surface area contributed by atoms with Crippen molar-refractivity contribution >= 4 is 5.97 Å². The minimum absolute atomic E-state index is 0.285. The molecule has 0 aliphatic rings. The molecule has 0 N–H and O–H groups in total. The second-order valence-electron chi connectivity index (χ2n) is 2.04. The minimum Gasteiger partial charge on any atom is -0.466 e. The molecule has 2 heteroatoms. The Bertz CT molecular complexity index is 106. The third kappa shape index (κ3) is 17.6. The molecule has 0 heterocycles. The van der Waals surface area contributed by atoms with Crippen LogP contribution in [-0.2, 0) is 9.53 Å². The molecule has 0 aliphatic carbocycles. The van der Waals surface area contributed by atoms with Crippen LogP contribution in [0.5, 0.6) is 0 Å². The Hall–Kier alpha value is -0.790. The summed E-state index contributed by atoms with van der Waals surface area (Å²) in [5, 5.41) is 0. The van der Waals surface area contributed by atoms with Crippen molar-refractivity contribution in [3.63, 3.8) is 0 Å². The van der Waals surface area contributed by atoms with Crippen LogP contribution >= 0.6 is 0 Å². The van der Waals surface area contributed by atoms with Crippen molar-refractivity contribution in [2.24, 2.45) is 0 Å². The lowest BCUT2D eigenvalue weighted by molar-refractivity contribution is -0.134. The molecule has 0 amide bonds. The third-order valence-electron chi connectivity index (χ3n) is 0.691. The van der Waals surface area contributed by atoms with Gasteiger partial charge in [-0.25, -0.2) is 4.79 Å². The minimum atomic E-state index is -0.285. The number of hydrogen-bond donors (Lipinski definition) is 0. The zero-order valence-electron chi connectivity index (χ0n) is 7.89. The Morgan fingerprint density at radius 3 is 2.09 bits per heavy atom. The van der Waals surface area contributed by atoms with Gasteiger partial charge in [-0.15, -0.1) is 0 Å². The summed E-state index contributed by atoms with van der Waals surface area (Å²) in [6, 6.07) is 0. The lowest BCUT2D eigenvalue weighted by Gasteiger charge is -1.86. The Kier molecular flexibility index (Phi) is 13.9. The number of ether oxygens (including phenoxy) is 1. The highest BCUT2D eigenvalue weighted by molar-refractivity contribution is 5.81. The van der Waals surface area contributed by atoms with Crippen LogP contribution in [0.25, 0.3) is 0 Å². The van der Waals surface area contributed by atoms with Gasteiger partial charge in [0.25, 0.3) is 0 Å². The van der Waals surface area contributed by atoms with Gasteiger partial charge in [-0.2, -0.15) is 0 Å². The summed E-state index contributed by atoms with van der Waals surface area (Å²) in [5.41, 5.74) is 0. The molecule has 0 radical (unpaired) electrons. The number of carbonyl (C=O) groups excluding carboxylic acids is 1. The lowest BCUT2D eigenvalue weighted by atomic mass is 10.4. The first-order valence-corrected chi connectivity index (χ1v) is 3.97. The van der Waals surface area contributed by atoms with Crippen molar-refractivity contribution in [3.8, 4) is 0 Å². The van der Waals surface area contributed by atoms with Crippen LogP contribution in [0.2, 0.25) is 0 Å². The molecule has 0 aromatic rings. The van der Waals surface area contributed by atoms with E-state index in [1.165, 1.54) is 19.6 Å². The maximum Gasteiger partial charge on any atom is 0.330 e. The summed E-state index contributed by atoms with van der Waals surface area (Å²) in [7, 11) is 1.36. The maximum atomic E-state index is 10.3. The van der Waals surface area contributed by atoms with Crippen LogP contribution in [0.15, 0.2) is 12.2 Å². The standard InChI is InChI=1S/C6H10O2.C3H8/c1-3-4-5-6(7)8-2;1-3-2/h4-5H,3H2,1-2H3;3H2,1-2H3/b5-4+;. The van der Waals surface area contributed by atoms with E-state index in [-0.39, 0.29) is 5.97 Å². The van der Waals surface area contributed by atoms with Crippen molar-refractivity contribution in [2.45, 2.75) is 33.6 Å². The average molecular weight is 158 g/mol. The quantitative estimate of drug-likeness (QED) is 0.456. The van der Waals surface area contributed by atoms with E-state index < -0.39 is 0 Å². The summed E-state index contributed by atoms with van der Waals surface area (Å²) < 4.78 is 4.33. The van der Waals surface area contributed by atoms with Gasteiger partial charge in [0.1, 0.15) is 0 Å². The predicted octanol–water partition coefficient (Wildman–Crippen LogP) is 2.54. The molecule has 0 saturated heterocycles. The summed E-state index contributed by atoms with van der Waals surface area (Å²) >= 11 is 0. The van der Waals surface area contributed by atoms with E-state index >= 15 is 0 Å². The van der Waals surface area contributed by atoms with Gasteiger partial charge in [0, 0.05) is 6.08 Å². The zero-order valence-corrected chi connectivity index (χ0v) is 7.89. The SMILES string of the molecule is CC/C=C/C(=O)OC.CCC. The van der Waals surface area contributed by atoms with E-state index in [2.05, 4.69) is 18.6 Å². The number of hydrogen-bond acceptors (Lipinski definition) is 2. The molecule has 11 heavy (non-hydrogen) atoms. The van der Waals surface area contributed by atoms with Gasteiger partial charge < -0.3 is 4.74 Å². The largest absolute Gasteiger partial charge is 0.466 e. The monoisotopic (exact) mass is 158 g/mol. The zero-order chi connectivity index (χ0) is 9.11. The van der Waals surface area contributed by atoms with Gasteiger partial charge in [0.2, 0.25) is 0 Å². The van der Waals surface area contributed by atoms with Gasteiger partial charge in [0.15, 0.2) is 0 Å². The first kappa shape index (κ1) is 12.8. The predicted molar refractivity (Wildman–Crippen MR) is 47.4 cm³/mol. The molecule has 0 fully saturated rings. The number of methoxy groups -OCH3 is 1. The maximum absolute atomic E-state index is 10.3. The van der Waals surface area contributed by atoms with E-state index in [0.717, 1.165) is 6.42 Å². The van der Waals surface area contributed by atoms with Crippen molar-refractivity contribution < 1.29 is 9.53 Å². The average Bonchev–Trinajstić information content (AvgIpc) is 2.02. The highest BCUT2D eigenvalue weighted by atomic mass is 16.5. The highest BCUT2D eigenvalue weighted by Gasteiger charge is 1.85. The Morgan fingerprint density at radius 1 is 1.36 bits per heavy atom. The molecule has 0 atom stereocenters. The van der Waals surface area contributed by atoms with Gasteiger partial charge in [0.05, 0.1) is 7.11 Å². The number of rotatable bonds is 2. The van der Waals surface area contributed by atoms with Crippen molar-refractivity contribution in [2.75, 3.05) is 7.11 Å². The fourth-order valence-corrected chi connectivity index (χ4v) is 0.282. The van der Waals surface area contributed by atoms with Crippen LogP contribution in [0.3, 0.4) is 0 Å². The van der Waals surface area contributed by atoms with E-state index in [0.29, 0.717) is 0 Å². The number of allylic oxidation sites excluding steroid dienone is 1. The Morgan fingerprint density at radius 2 is 1.82 bits per heavy atom. The van der Waals surface area contributed by atoms with Crippen molar-refractivity contribution in [1.29, 1.82) is 0 Å². The van der Waals surface area contributed by atoms with Gasteiger partial charge in [-0.3, -0.25) is 0 Å². The molecule has 0 aromatic carbocycles. The molecular formula is C9H18O2. The third-order valence-corrected chi connectivity index (χ3v) is 0.691. The lowest BCUT2D eigenvalue weighted by Crippen LogP contribution is -1.92. The van der Waals surface area contributed by atoms with Crippen LogP contribution in [-0.4, -0.2) is 13.1 Å². The van der Waals surface area contributed by atoms with Crippen molar-refractivity contribution in [3.05, 3.63) is 12.2 Å². The number of carbonyl (C=O) groups is 1. The van der Waals surface area contributed by atoms with Crippen LogP contribution in [0.1, 0.15) is 33.6 Å². The Labute approximate surface area is 69.3 Å². The molecule has 66 valence electrons. The normalized spacial score (nSPS) is 8.73. The van der Waals surface area contributed by atoms with E-state index in [4.69, 9.17) is 0 Å². The van der Waals surface area contributed by atoms with Crippen LogP contribution in [0.4, 0.5) is 0 Å². The molecule has 0 rings (SSSR count). The van der Waals surface area contributed by atoms with Crippen molar-refractivity contribution in [1.82, 2.24) is 0 Å². The molecule has 0 aliphatic heterocycles. The van der Waals surface area contributed by atoms with Gasteiger partial charge in [-0.05, 0) is 6.42 Å². The molecule has 0 bridgehead atoms. The smallest absolute Gasteiger partial charge is 0.330 e. The van der Waals surface area contributed by atoms with E-state index in [9.17, 15) is 4.79 Å². The molecule has 0 aromatic heterocycles. The summed E-state index contributed by atoms with van der Waals surface area (Å²) in [6.07, 6.45) is 5.29. The van der Waals surface area contributed by atoms with Gasteiger partial charge in [-0.1, -0.05) is 33.3 Å². The second-order valence-corrected chi connectivity index (χ2v) is 2.04. The Balaban J connectivity index is 0. The first-order valence-electron chi connectivity index (χ1n) is 3.97. The molecule has 0 unspecified atom stereocenters. The summed E-state index contributed by atoms with van der Waals surface area (Å²) in [5.74, 6) is -0.285. The summed E-state index contributed by atoms with van der Waals surface area (Å²) in [6.45, 7) is 6.21. The molecule has 2 nitrogen and oxygen atoms in total. The second kappa shape index (κ2) is 11.9. The fourth-order valence-electron chi connectivity index (χ4n) is 0.282. The topological polar surface area (TPSA) is 26.3 Å².